The maximum atomic E-state index is 13.1. The molecule has 0 atom stereocenters. The number of carbonyl (C=O) groups is 1. The summed E-state index contributed by atoms with van der Waals surface area (Å²) in [6.07, 6.45) is 6.19. The minimum Gasteiger partial charge on any atom is -0.508 e. The number of aromatic hydroxyl groups is 1. The third kappa shape index (κ3) is 5.54. The number of carbonyl (C=O) groups excluding carboxylic acids is 1. The van der Waals surface area contributed by atoms with Gasteiger partial charge in [-0.1, -0.05) is 17.2 Å². The lowest BCUT2D eigenvalue weighted by molar-refractivity contribution is -0.131. The third-order valence-electron chi connectivity index (χ3n) is 4.72. The van der Waals surface area contributed by atoms with Crippen LogP contribution in [0.3, 0.4) is 0 Å². The van der Waals surface area contributed by atoms with Crippen LogP contribution in [-0.2, 0) is 4.79 Å². The highest BCUT2D eigenvalue weighted by Crippen LogP contribution is 2.32. The van der Waals surface area contributed by atoms with Gasteiger partial charge in [0.1, 0.15) is 40.4 Å². The second kappa shape index (κ2) is 9.51. The summed E-state index contributed by atoms with van der Waals surface area (Å²) in [5.41, 5.74) is 2.65. The molecule has 0 unspecified atom stereocenters. The smallest absolute Gasteiger partial charge is 0.308 e. The molecular formula is C25H26O6. The molecule has 0 saturated carbocycles. The van der Waals surface area contributed by atoms with Crippen LogP contribution in [0.4, 0.5) is 0 Å². The molecule has 3 rings (SSSR count). The molecule has 2 aromatic carbocycles. The molecule has 6 heteroatoms. The predicted molar refractivity (Wildman–Crippen MR) is 121 cm³/mol. The van der Waals surface area contributed by atoms with E-state index in [1.165, 1.54) is 30.2 Å². The quantitative estimate of drug-likeness (QED) is 0.229. The van der Waals surface area contributed by atoms with E-state index >= 15 is 0 Å². The number of phenolic OH excluding ortho intramolecular Hbond substituents is 1. The zero-order valence-corrected chi connectivity index (χ0v) is 18.2. The van der Waals surface area contributed by atoms with E-state index in [9.17, 15) is 14.7 Å². The van der Waals surface area contributed by atoms with E-state index in [1.54, 1.807) is 18.2 Å². The Kier molecular flexibility index (Phi) is 6.80. The average Bonchev–Trinajstić information content (AvgIpc) is 2.67. The minimum absolute atomic E-state index is 0.0422. The first-order chi connectivity index (χ1) is 14.7. The van der Waals surface area contributed by atoms with Crippen LogP contribution in [0.5, 0.6) is 17.2 Å². The highest BCUT2D eigenvalue weighted by Gasteiger charge is 2.16. The highest BCUT2D eigenvalue weighted by atomic mass is 16.5. The van der Waals surface area contributed by atoms with Crippen molar-refractivity contribution in [3.8, 4) is 17.2 Å². The maximum Gasteiger partial charge on any atom is 0.308 e. The Morgan fingerprint density at radius 2 is 1.84 bits per heavy atom. The number of ether oxygens (including phenoxy) is 2. The number of hydrogen-bond donors (Lipinski definition) is 1. The van der Waals surface area contributed by atoms with Crippen molar-refractivity contribution >= 4 is 27.9 Å². The number of esters is 1. The van der Waals surface area contributed by atoms with Crippen LogP contribution in [0.15, 0.2) is 62.8 Å². The number of rotatable bonds is 7. The van der Waals surface area contributed by atoms with E-state index in [1.807, 2.05) is 6.08 Å². The van der Waals surface area contributed by atoms with Gasteiger partial charge in [-0.3, -0.25) is 9.59 Å². The summed E-state index contributed by atoms with van der Waals surface area (Å²) in [5.74, 6) is -0.284. The van der Waals surface area contributed by atoms with Crippen molar-refractivity contribution < 1.29 is 23.8 Å². The van der Waals surface area contributed by atoms with Gasteiger partial charge in [-0.15, -0.1) is 0 Å². The lowest BCUT2D eigenvalue weighted by Crippen LogP contribution is -2.08. The van der Waals surface area contributed by atoms with Gasteiger partial charge in [0.05, 0.1) is 5.39 Å². The number of fused-ring (bicyclic) bond motifs is 2. The summed E-state index contributed by atoms with van der Waals surface area (Å²) in [7, 11) is 0. The number of hydrogen-bond acceptors (Lipinski definition) is 6. The Morgan fingerprint density at radius 1 is 1.06 bits per heavy atom. The molecule has 6 nitrogen and oxygen atoms in total. The van der Waals surface area contributed by atoms with Crippen LogP contribution in [0.1, 0.15) is 40.5 Å². The SMILES string of the molecule is CC(=O)Oc1cc(O)cc2oc3ccc(OC/C=C(\C)CCC=C(C)C)cc3c(=O)c12. The fourth-order valence-electron chi connectivity index (χ4n) is 3.20. The van der Waals surface area contributed by atoms with Gasteiger partial charge in [-0.2, -0.15) is 0 Å². The zero-order chi connectivity index (χ0) is 22.5. The average molecular weight is 422 g/mol. The van der Waals surface area contributed by atoms with Crippen LogP contribution in [-0.4, -0.2) is 17.7 Å². The molecule has 162 valence electrons. The molecule has 0 saturated heterocycles. The van der Waals surface area contributed by atoms with Crippen molar-refractivity contribution in [1.82, 2.24) is 0 Å². The van der Waals surface area contributed by atoms with Crippen LogP contribution in [0.2, 0.25) is 0 Å². The lowest BCUT2D eigenvalue weighted by atomic mass is 10.1. The van der Waals surface area contributed by atoms with Crippen molar-refractivity contribution in [2.45, 2.75) is 40.5 Å². The Bertz CT molecular complexity index is 1240. The van der Waals surface area contributed by atoms with E-state index in [-0.39, 0.29) is 27.9 Å². The summed E-state index contributed by atoms with van der Waals surface area (Å²) in [6, 6.07) is 7.51. The van der Waals surface area contributed by atoms with Crippen LogP contribution >= 0.6 is 0 Å². The first-order valence-electron chi connectivity index (χ1n) is 10.1. The Labute approximate surface area is 180 Å². The molecule has 1 N–H and O–H groups in total. The van der Waals surface area contributed by atoms with Crippen molar-refractivity contribution in [1.29, 1.82) is 0 Å². The fraction of sp³-hybridized carbons (Fsp3) is 0.280. The van der Waals surface area contributed by atoms with Crippen LogP contribution in [0.25, 0.3) is 21.9 Å². The molecule has 1 aromatic heterocycles. The van der Waals surface area contributed by atoms with Crippen molar-refractivity contribution in [2.75, 3.05) is 6.61 Å². The van der Waals surface area contributed by atoms with Gasteiger partial charge in [-0.05, 0) is 57.9 Å². The standard InChI is InChI=1S/C25H26O6/c1-15(2)6-5-7-16(3)10-11-29-19-8-9-21-20(14-19)25(28)24-22(30-17(4)26)12-18(27)13-23(24)31-21/h6,8-10,12-14,27H,5,7,11H2,1-4H3/b16-10+. The number of benzene rings is 2. The van der Waals surface area contributed by atoms with Gasteiger partial charge in [0, 0.05) is 19.1 Å². The van der Waals surface area contributed by atoms with Crippen molar-refractivity contribution in [2.24, 2.45) is 0 Å². The maximum absolute atomic E-state index is 13.1. The summed E-state index contributed by atoms with van der Waals surface area (Å²) in [4.78, 5) is 24.5. The Morgan fingerprint density at radius 3 is 2.55 bits per heavy atom. The van der Waals surface area contributed by atoms with Gasteiger partial charge in [0.2, 0.25) is 5.43 Å². The second-order valence-corrected chi connectivity index (χ2v) is 7.68. The van der Waals surface area contributed by atoms with Crippen molar-refractivity contribution in [3.05, 3.63) is 63.9 Å². The van der Waals surface area contributed by atoms with E-state index in [0.717, 1.165) is 12.8 Å². The Balaban J connectivity index is 1.89. The number of phenols is 1. The molecule has 3 aromatic rings. The molecule has 0 aliphatic heterocycles. The van der Waals surface area contributed by atoms with E-state index in [2.05, 4.69) is 26.8 Å². The molecule has 31 heavy (non-hydrogen) atoms. The normalized spacial score (nSPS) is 11.5. The van der Waals surface area contributed by atoms with Gasteiger partial charge in [0.25, 0.3) is 0 Å². The van der Waals surface area contributed by atoms with Crippen LogP contribution < -0.4 is 14.9 Å². The first-order valence-corrected chi connectivity index (χ1v) is 10.1. The molecule has 0 fully saturated rings. The van der Waals surface area contributed by atoms with E-state index in [4.69, 9.17) is 13.9 Å². The first kappa shape index (κ1) is 22.2. The highest BCUT2D eigenvalue weighted by molar-refractivity contribution is 5.95. The summed E-state index contributed by atoms with van der Waals surface area (Å²) in [6.45, 7) is 7.84. The van der Waals surface area contributed by atoms with Crippen LogP contribution in [0, 0.1) is 0 Å². The predicted octanol–water partition coefficient (Wildman–Crippen LogP) is 5.65. The third-order valence-corrected chi connectivity index (χ3v) is 4.72. The van der Waals surface area contributed by atoms with Gasteiger partial charge >= 0.3 is 5.97 Å². The van der Waals surface area contributed by atoms with Gasteiger partial charge < -0.3 is 19.0 Å². The zero-order valence-electron chi connectivity index (χ0n) is 18.2. The number of allylic oxidation sites excluding steroid dienone is 3. The second-order valence-electron chi connectivity index (χ2n) is 7.68. The summed E-state index contributed by atoms with van der Waals surface area (Å²) in [5, 5.41) is 10.3. The molecule has 1 heterocycles. The monoisotopic (exact) mass is 422 g/mol. The largest absolute Gasteiger partial charge is 0.508 e. The van der Waals surface area contributed by atoms with Crippen molar-refractivity contribution in [3.63, 3.8) is 0 Å². The van der Waals surface area contributed by atoms with E-state index < -0.39 is 5.97 Å². The van der Waals surface area contributed by atoms with Gasteiger partial charge in [-0.25, -0.2) is 0 Å². The molecule has 0 radical (unpaired) electrons. The minimum atomic E-state index is -0.602. The molecular weight excluding hydrogens is 396 g/mol. The van der Waals surface area contributed by atoms with Gasteiger partial charge in [0.15, 0.2) is 0 Å². The fourth-order valence-corrected chi connectivity index (χ4v) is 3.20. The summed E-state index contributed by atoms with van der Waals surface area (Å²) >= 11 is 0. The molecule has 0 aliphatic carbocycles. The molecule has 0 amide bonds. The topological polar surface area (TPSA) is 86.0 Å². The molecule has 0 aliphatic rings. The summed E-state index contributed by atoms with van der Waals surface area (Å²) < 4.78 is 16.7. The molecule has 0 spiro atoms. The molecule has 0 bridgehead atoms. The Hall–Kier alpha value is -3.54. The lowest BCUT2D eigenvalue weighted by Gasteiger charge is -2.09. The van der Waals surface area contributed by atoms with E-state index in [0.29, 0.717) is 23.3 Å².